The van der Waals surface area contributed by atoms with Crippen LogP contribution in [0.15, 0.2) is 34.6 Å². The van der Waals surface area contributed by atoms with Gasteiger partial charge in [0.15, 0.2) is 5.96 Å². The molecule has 0 spiro atoms. The number of amides is 1. The lowest BCUT2D eigenvalue weighted by Gasteiger charge is -2.06. The first-order chi connectivity index (χ1) is 8.79. The number of benzene rings is 1. The molecule has 2 heterocycles. The molecule has 0 radical (unpaired) electrons. The Labute approximate surface area is 109 Å². The van der Waals surface area contributed by atoms with Gasteiger partial charge in [-0.2, -0.15) is 0 Å². The van der Waals surface area contributed by atoms with Crippen LogP contribution in [0.4, 0.5) is 0 Å². The molecule has 2 N–H and O–H groups in total. The molecule has 1 aliphatic heterocycles. The molecule has 1 aromatic heterocycles. The third-order valence-electron chi connectivity index (χ3n) is 2.92. The van der Waals surface area contributed by atoms with Gasteiger partial charge in [0.25, 0.3) is 5.91 Å². The summed E-state index contributed by atoms with van der Waals surface area (Å²) in [5.74, 6) is 0.536. The van der Waals surface area contributed by atoms with Crippen LogP contribution >= 0.6 is 11.3 Å². The van der Waals surface area contributed by atoms with Crippen LogP contribution in [-0.4, -0.2) is 18.4 Å². The number of aliphatic imine (C=N–C) groups is 1. The predicted octanol–water partition coefficient (Wildman–Crippen LogP) is 2.04. The molecule has 1 aromatic carbocycles. The van der Waals surface area contributed by atoms with Gasteiger partial charge in [-0.05, 0) is 23.8 Å². The number of hydrogen-bond acceptors (Lipinski definition) is 3. The summed E-state index contributed by atoms with van der Waals surface area (Å²) in [4.78, 5) is 16.1. The van der Waals surface area contributed by atoms with E-state index in [0.717, 1.165) is 10.9 Å². The molecule has 3 rings (SSSR count). The lowest BCUT2D eigenvalue weighted by atomic mass is 10.1. The molecule has 2 aromatic rings. The third-order valence-corrected chi connectivity index (χ3v) is 3.90. The largest absolute Gasteiger partial charge is 0.340 e. The molecule has 92 valence electrons. The highest BCUT2D eigenvalue weighted by molar-refractivity contribution is 7.17. The Morgan fingerprint density at radius 2 is 2.22 bits per heavy atom. The minimum Gasteiger partial charge on any atom is -0.340 e. The SMILES string of the molecule is CCN=C1NC(=O)C(c2csc3ccccc23)N1. The van der Waals surface area contributed by atoms with Crippen LogP contribution in [-0.2, 0) is 4.79 Å². The summed E-state index contributed by atoms with van der Waals surface area (Å²) in [5, 5.41) is 9.07. The Morgan fingerprint density at radius 3 is 3.06 bits per heavy atom. The second kappa shape index (κ2) is 4.42. The zero-order valence-electron chi connectivity index (χ0n) is 9.93. The molecular weight excluding hydrogens is 246 g/mol. The van der Waals surface area contributed by atoms with Crippen LogP contribution in [0.25, 0.3) is 10.1 Å². The molecule has 1 atom stereocenters. The van der Waals surface area contributed by atoms with E-state index in [1.165, 1.54) is 4.70 Å². The maximum absolute atomic E-state index is 12.0. The van der Waals surface area contributed by atoms with Crippen LogP contribution < -0.4 is 10.6 Å². The maximum Gasteiger partial charge on any atom is 0.253 e. The number of nitrogens with one attached hydrogen (secondary N) is 2. The minimum atomic E-state index is -0.327. The standard InChI is InChI=1S/C13H13N3OS/c1-2-14-13-15-11(12(17)16-13)9-7-18-10-6-4-3-5-8(9)10/h3-7,11H,2H2,1H3,(H2,14,15,16,17). The molecular formula is C13H13N3OS. The normalized spacial score (nSPS) is 21.3. The average molecular weight is 259 g/mol. The summed E-state index contributed by atoms with van der Waals surface area (Å²) >= 11 is 1.66. The van der Waals surface area contributed by atoms with Gasteiger partial charge in [-0.3, -0.25) is 15.1 Å². The lowest BCUT2D eigenvalue weighted by Crippen LogP contribution is -2.25. The van der Waals surface area contributed by atoms with Gasteiger partial charge < -0.3 is 5.32 Å². The second-order valence-electron chi connectivity index (χ2n) is 4.08. The molecule has 0 bridgehead atoms. The van der Waals surface area contributed by atoms with Crippen LogP contribution in [0, 0.1) is 0 Å². The van der Waals surface area contributed by atoms with Crippen LogP contribution in [0.1, 0.15) is 18.5 Å². The molecule has 18 heavy (non-hydrogen) atoms. The number of thiophene rings is 1. The lowest BCUT2D eigenvalue weighted by molar-refractivity contribution is -0.120. The van der Waals surface area contributed by atoms with Crippen LogP contribution in [0.3, 0.4) is 0 Å². The van der Waals surface area contributed by atoms with Gasteiger partial charge in [0, 0.05) is 16.8 Å². The Balaban J connectivity index is 2.00. The summed E-state index contributed by atoms with van der Waals surface area (Å²) in [6, 6.07) is 7.79. The molecule has 1 aliphatic rings. The van der Waals surface area contributed by atoms with Crippen molar-refractivity contribution in [3.8, 4) is 0 Å². The number of carbonyl (C=O) groups excluding carboxylic acids is 1. The van der Waals surface area contributed by atoms with E-state index >= 15 is 0 Å². The van der Waals surface area contributed by atoms with E-state index in [1.54, 1.807) is 11.3 Å². The van der Waals surface area contributed by atoms with Crippen molar-refractivity contribution in [2.75, 3.05) is 6.54 Å². The zero-order chi connectivity index (χ0) is 12.5. The maximum atomic E-state index is 12.0. The average Bonchev–Trinajstić information content (AvgIpc) is 2.93. The smallest absolute Gasteiger partial charge is 0.253 e. The second-order valence-corrected chi connectivity index (χ2v) is 4.99. The van der Waals surface area contributed by atoms with E-state index in [1.807, 2.05) is 30.5 Å². The van der Waals surface area contributed by atoms with Gasteiger partial charge in [-0.1, -0.05) is 18.2 Å². The zero-order valence-corrected chi connectivity index (χ0v) is 10.8. The van der Waals surface area contributed by atoms with E-state index in [2.05, 4.69) is 21.7 Å². The van der Waals surface area contributed by atoms with Crippen molar-refractivity contribution in [3.63, 3.8) is 0 Å². The molecule has 1 saturated heterocycles. The number of guanidine groups is 1. The summed E-state index contributed by atoms with van der Waals surface area (Å²) < 4.78 is 1.20. The Bertz CT molecular complexity index is 632. The number of rotatable bonds is 2. The fraction of sp³-hybridized carbons (Fsp3) is 0.231. The summed E-state index contributed by atoms with van der Waals surface area (Å²) in [6.45, 7) is 2.59. The van der Waals surface area contributed by atoms with Crippen LogP contribution in [0.5, 0.6) is 0 Å². The van der Waals surface area contributed by atoms with E-state index in [9.17, 15) is 4.79 Å². The fourth-order valence-corrected chi connectivity index (χ4v) is 3.10. The first-order valence-electron chi connectivity index (χ1n) is 5.87. The van der Waals surface area contributed by atoms with Crippen molar-refractivity contribution < 1.29 is 4.79 Å². The van der Waals surface area contributed by atoms with Gasteiger partial charge in [0.2, 0.25) is 0 Å². The Morgan fingerprint density at radius 1 is 1.39 bits per heavy atom. The van der Waals surface area contributed by atoms with Crippen molar-refractivity contribution in [3.05, 3.63) is 35.2 Å². The minimum absolute atomic E-state index is 0.0363. The highest BCUT2D eigenvalue weighted by Gasteiger charge is 2.31. The first kappa shape index (κ1) is 11.2. The van der Waals surface area contributed by atoms with Crippen LogP contribution in [0.2, 0.25) is 0 Å². The summed E-state index contributed by atoms with van der Waals surface area (Å²) in [5.41, 5.74) is 1.02. The van der Waals surface area contributed by atoms with Crippen molar-refractivity contribution in [1.29, 1.82) is 0 Å². The number of carbonyl (C=O) groups is 1. The number of fused-ring (bicyclic) bond motifs is 1. The molecule has 4 nitrogen and oxygen atoms in total. The number of hydrogen-bond donors (Lipinski definition) is 2. The summed E-state index contributed by atoms with van der Waals surface area (Å²) in [7, 11) is 0. The van der Waals surface area contributed by atoms with Gasteiger partial charge >= 0.3 is 0 Å². The predicted molar refractivity (Wildman–Crippen MR) is 73.8 cm³/mol. The molecule has 0 saturated carbocycles. The molecule has 5 heteroatoms. The van der Waals surface area contributed by atoms with Crippen molar-refractivity contribution in [1.82, 2.24) is 10.6 Å². The highest BCUT2D eigenvalue weighted by Crippen LogP contribution is 2.31. The fourth-order valence-electron chi connectivity index (χ4n) is 2.11. The van der Waals surface area contributed by atoms with Gasteiger partial charge in [-0.25, -0.2) is 0 Å². The van der Waals surface area contributed by atoms with Crippen molar-refractivity contribution in [2.24, 2.45) is 4.99 Å². The number of nitrogens with zero attached hydrogens (tertiary/aromatic N) is 1. The topological polar surface area (TPSA) is 53.5 Å². The highest BCUT2D eigenvalue weighted by atomic mass is 32.1. The van der Waals surface area contributed by atoms with E-state index < -0.39 is 0 Å². The third kappa shape index (κ3) is 1.76. The van der Waals surface area contributed by atoms with E-state index in [4.69, 9.17) is 0 Å². The van der Waals surface area contributed by atoms with Crippen molar-refractivity contribution in [2.45, 2.75) is 13.0 Å². The molecule has 1 unspecified atom stereocenters. The van der Waals surface area contributed by atoms with Gasteiger partial charge in [0.05, 0.1) is 0 Å². The van der Waals surface area contributed by atoms with Gasteiger partial charge in [-0.15, -0.1) is 11.3 Å². The van der Waals surface area contributed by atoms with Crippen molar-refractivity contribution >= 4 is 33.3 Å². The van der Waals surface area contributed by atoms with Gasteiger partial charge in [0.1, 0.15) is 6.04 Å². The monoisotopic (exact) mass is 259 g/mol. The Kier molecular flexibility index (Phi) is 2.76. The van der Waals surface area contributed by atoms with E-state index in [-0.39, 0.29) is 11.9 Å². The summed E-state index contributed by atoms with van der Waals surface area (Å²) in [6.07, 6.45) is 0. The van der Waals surface area contributed by atoms with E-state index in [0.29, 0.717) is 12.5 Å². The molecule has 0 aliphatic carbocycles. The quantitative estimate of drug-likeness (QED) is 0.867. The Hall–Kier alpha value is -1.88. The first-order valence-corrected chi connectivity index (χ1v) is 6.75. The molecule has 1 amide bonds. The molecule has 1 fully saturated rings.